The minimum Gasteiger partial charge on any atom is -0.307 e. The minimum atomic E-state index is -0.153. The van der Waals surface area contributed by atoms with Crippen LogP contribution < -0.4 is 5.32 Å². The fourth-order valence-electron chi connectivity index (χ4n) is 4.48. The Hall–Kier alpha value is -2.73. The number of carbonyl (C=O) groups is 1. The molecule has 1 saturated heterocycles. The molecule has 1 N–H and O–H groups in total. The minimum absolute atomic E-state index is 0.153. The molecule has 2 aromatic rings. The highest BCUT2D eigenvalue weighted by molar-refractivity contribution is 6.03. The highest BCUT2D eigenvalue weighted by Crippen LogP contribution is 2.30. The molecular formula is C24H31N5O. The van der Waals surface area contributed by atoms with E-state index in [0.29, 0.717) is 17.5 Å². The van der Waals surface area contributed by atoms with Crippen molar-refractivity contribution in [2.45, 2.75) is 45.1 Å². The third-order valence-corrected chi connectivity index (χ3v) is 6.37. The van der Waals surface area contributed by atoms with Gasteiger partial charge in [-0.05, 0) is 57.1 Å². The van der Waals surface area contributed by atoms with Crippen LogP contribution in [0.25, 0.3) is 0 Å². The lowest BCUT2D eigenvalue weighted by Gasteiger charge is -2.34. The Morgan fingerprint density at radius 3 is 2.73 bits per heavy atom. The Bertz CT molecular complexity index is 909. The second-order valence-corrected chi connectivity index (χ2v) is 8.54. The number of amides is 1. The maximum atomic E-state index is 12.5. The number of anilines is 1. The van der Waals surface area contributed by atoms with E-state index in [1.807, 2.05) is 10.7 Å². The number of rotatable bonds is 6. The average molecular weight is 406 g/mol. The summed E-state index contributed by atoms with van der Waals surface area (Å²) >= 11 is 0. The molecule has 0 bridgehead atoms. The molecular weight excluding hydrogens is 374 g/mol. The van der Waals surface area contributed by atoms with Gasteiger partial charge < -0.3 is 5.32 Å². The summed E-state index contributed by atoms with van der Waals surface area (Å²) in [5, 5.41) is 7.49. The van der Waals surface area contributed by atoms with E-state index in [4.69, 9.17) is 0 Å². The van der Waals surface area contributed by atoms with Crippen molar-refractivity contribution >= 4 is 11.7 Å². The molecule has 0 radical (unpaired) electrons. The van der Waals surface area contributed by atoms with Gasteiger partial charge in [0.2, 0.25) is 0 Å². The van der Waals surface area contributed by atoms with E-state index in [1.54, 1.807) is 36.3 Å². The van der Waals surface area contributed by atoms with E-state index < -0.39 is 0 Å². The molecule has 1 fully saturated rings. The molecule has 1 amide bonds. The van der Waals surface area contributed by atoms with Gasteiger partial charge >= 0.3 is 0 Å². The van der Waals surface area contributed by atoms with E-state index in [9.17, 15) is 4.79 Å². The largest absolute Gasteiger partial charge is 0.307 e. The summed E-state index contributed by atoms with van der Waals surface area (Å²) in [5.41, 5.74) is 3.45. The first-order valence-corrected chi connectivity index (χ1v) is 10.9. The zero-order chi connectivity index (χ0) is 20.9. The van der Waals surface area contributed by atoms with Crippen LogP contribution in [0.2, 0.25) is 0 Å². The normalized spacial score (nSPS) is 20.6. The van der Waals surface area contributed by atoms with Gasteiger partial charge in [-0.2, -0.15) is 5.10 Å². The monoisotopic (exact) mass is 405 g/mol. The molecule has 2 aliphatic rings. The molecule has 158 valence electrons. The van der Waals surface area contributed by atoms with E-state index in [2.05, 4.69) is 39.9 Å². The third kappa shape index (κ3) is 4.87. The lowest BCUT2D eigenvalue weighted by atomic mass is 9.85. The lowest BCUT2D eigenvalue weighted by molar-refractivity contribution is 0.102. The maximum absolute atomic E-state index is 12.5. The lowest BCUT2D eigenvalue weighted by Crippen LogP contribution is -2.36. The Balaban J connectivity index is 1.30. The van der Waals surface area contributed by atoms with Crippen LogP contribution in [0.5, 0.6) is 0 Å². The number of carbonyl (C=O) groups excluding carboxylic acids is 1. The topological polar surface area (TPSA) is 63.1 Å². The summed E-state index contributed by atoms with van der Waals surface area (Å²) in [6.07, 6.45) is 13.1. The van der Waals surface area contributed by atoms with Crippen LogP contribution in [0.3, 0.4) is 0 Å². The molecule has 1 aliphatic carbocycles. The number of hydrogen-bond donors (Lipinski definition) is 1. The van der Waals surface area contributed by atoms with E-state index in [-0.39, 0.29) is 5.91 Å². The Morgan fingerprint density at radius 1 is 1.23 bits per heavy atom. The van der Waals surface area contributed by atoms with Crippen LogP contribution in [0.15, 0.2) is 60.6 Å². The SMILES string of the molecule is C=C(C)[C@@H]1CC=C(CN2CCC(n3nccc3NC(=O)c3cccnc3)CC2)CC1. The molecule has 0 unspecified atom stereocenters. The summed E-state index contributed by atoms with van der Waals surface area (Å²) in [6, 6.07) is 5.71. The molecule has 3 heterocycles. The van der Waals surface area contributed by atoms with Crippen molar-refractivity contribution in [3.05, 3.63) is 66.2 Å². The number of nitrogens with zero attached hydrogens (tertiary/aromatic N) is 4. The van der Waals surface area contributed by atoms with Crippen LogP contribution in [0, 0.1) is 5.92 Å². The quantitative estimate of drug-likeness (QED) is 0.720. The van der Waals surface area contributed by atoms with Gasteiger partial charge in [-0.25, -0.2) is 4.68 Å². The van der Waals surface area contributed by atoms with Gasteiger partial charge in [0, 0.05) is 38.1 Å². The zero-order valence-electron chi connectivity index (χ0n) is 17.8. The van der Waals surface area contributed by atoms with Crippen molar-refractivity contribution in [1.82, 2.24) is 19.7 Å². The summed E-state index contributed by atoms with van der Waals surface area (Å²) < 4.78 is 1.98. The van der Waals surface area contributed by atoms with Gasteiger partial charge in [0.1, 0.15) is 5.82 Å². The standard InChI is InChI=1S/C24H31N5O/c1-18(2)20-7-5-19(6-8-20)17-28-14-10-22(11-15-28)29-23(9-13-26-29)27-24(30)21-4-3-12-25-16-21/h3-5,9,12-13,16,20,22H,1,6-8,10-11,14-15,17H2,2H3,(H,27,30)/t20-/m1/s1. The predicted octanol–water partition coefficient (Wildman–Crippen LogP) is 4.47. The molecule has 1 aliphatic heterocycles. The number of likely N-dealkylation sites (tertiary alicyclic amines) is 1. The van der Waals surface area contributed by atoms with Gasteiger partial charge in [-0.1, -0.05) is 23.8 Å². The molecule has 2 aromatic heterocycles. The van der Waals surface area contributed by atoms with Crippen molar-refractivity contribution in [2.24, 2.45) is 5.92 Å². The second-order valence-electron chi connectivity index (χ2n) is 8.54. The molecule has 0 spiro atoms. The summed E-state index contributed by atoms with van der Waals surface area (Å²) in [7, 11) is 0. The fourth-order valence-corrected chi connectivity index (χ4v) is 4.48. The first kappa shape index (κ1) is 20.5. The highest BCUT2D eigenvalue weighted by atomic mass is 16.1. The van der Waals surface area contributed by atoms with Gasteiger partial charge in [0.05, 0.1) is 17.8 Å². The van der Waals surface area contributed by atoms with E-state index >= 15 is 0 Å². The molecule has 0 aromatic carbocycles. The second kappa shape index (κ2) is 9.39. The van der Waals surface area contributed by atoms with Gasteiger partial charge in [0.15, 0.2) is 0 Å². The molecule has 30 heavy (non-hydrogen) atoms. The summed E-state index contributed by atoms with van der Waals surface area (Å²) in [5.74, 6) is 1.27. The number of aromatic nitrogens is 3. The average Bonchev–Trinajstić information content (AvgIpc) is 3.23. The van der Waals surface area contributed by atoms with Gasteiger partial charge in [-0.3, -0.25) is 14.7 Å². The van der Waals surface area contributed by atoms with Crippen molar-refractivity contribution in [1.29, 1.82) is 0 Å². The zero-order valence-corrected chi connectivity index (χ0v) is 17.8. The number of hydrogen-bond acceptors (Lipinski definition) is 4. The van der Waals surface area contributed by atoms with Crippen LogP contribution in [0.1, 0.15) is 55.4 Å². The van der Waals surface area contributed by atoms with Crippen LogP contribution in [-0.2, 0) is 0 Å². The summed E-state index contributed by atoms with van der Waals surface area (Å²) in [6.45, 7) is 9.46. The Kier molecular flexibility index (Phi) is 6.43. The van der Waals surface area contributed by atoms with Crippen molar-refractivity contribution < 1.29 is 4.79 Å². The third-order valence-electron chi connectivity index (χ3n) is 6.37. The maximum Gasteiger partial charge on any atom is 0.258 e. The van der Waals surface area contributed by atoms with Crippen molar-refractivity contribution in [3.8, 4) is 0 Å². The molecule has 1 atom stereocenters. The number of piperidine rings is 1. The smallest absolute Gasteiger partial charge is 0.258 e. The first-order valence-electron chi connectivity index (χ1n) is 10.9. The van der Waals surface area contributed by atoms with Gasteiger partial charge in [0.25, 0.3) is 5.91 Å². The van der Waals surface area contributed by atoms with Crippen LogP contribution in [-0.4, -0.2) is 45.2 Å². The Morgan fingerprint density at radius 2 is 2.07 bits per heavy atom. The molecule has 6 nitrogen and oxygen atoms in total. The predicted molar refractivity (Wildman–Crippen MR) is 119 cm³/mol. The van der Waals surface area contributed by atoms with Crippen LogP contribution in [0.4, 0.5) is 5.82 Å². The number of pyridine rings is 1. The van der Waals surface area contributed by atoms with Crippen LogP contribution >= 0.6 is 0 Å². The molecule has 6 heteroatoms. The van der Waals surface area contributed by atoms with Gasteiger partial charge in [-0.15, -0.1) is 0 Å². The summed E-state index contributed by atoms with van der Waals surface area (Å²) in [4.78, 5) is 19.0. The van der Waals surface area contributed by atoms with E-state index in [1.165, 1.54) is 18.4 Å². The first-order chi connectivity index (χ1) is 14.6. The van der Waals surface area contributed by atoms with Crippen molar-refractivity contribution in [3.63, 3.8) is 0 Å². The van der Waals surface area contributed by atoms with Crippen molar-refractivity contribution in [2.75, 3.05) is 25.0 Å². The molecule has 4 rings (SSSR count). The highest BCUT2D eigenvalue weighted by Gasteiger charge is 2.24. The Labute approximate surface area is 178 Å². The number of nitrogens with one attached hydrogen (secondary N) is 1. The number of allylic oxidation sites excluding steroid dienone is 2. The fraction of sp³-hybridized carbons (Fsp3) is 0.458. The molecule has 0 saturated carbocycles. The van der Waals surface area contributed by atoms with E-state index in [0.717, 1.165) is 44.7 Å².